The maximum atomic E-state index is 13.8. The molecule has 1 heterocycles. The van der Waals surface area contributed by atoms with Crippen molar-refractivity contribution in [1.82, 2.24) is 4.90 Å². The molecule has 0 unspecified atom stereocenters. The summed E-state index contributed by atoms with van der Waals surface area (Å²) in [6.45, 7) is 0.964. The highest BCUT2D eigenvalue weighted by Crippen LogP contribution is 2.30. The summed E-state index contributed by atoms with van der Waals surface area (Å²) in [4.78, 5) is 12.7. The molecule has 5 nitrogen and oxygen atoms in total. The Labute approximate surface area is 104 Å². The van der Waals surface area contributed by atoms with Crippen molar-refractivity contribution in [2.45, 2.75) is 6.54 Å². The number of rotatable bonds is 4. The van der Waals surface area contributed by atoms with E-state index in [1.54, 1.807) is 0 Å². The van der Waals surface area contributed by atoms with E-state index in [1.807, 2.05) is 0 Å². The van der Waals surface area contributed by atoms with Crippen molar-refractivity contribution in [3.8, 4) is 11.5 Å². The van der Waals surface area contributed by atoms with Crippen molar-refractivity contribution in [2.75, 3.05) is 27.4 Å². The Hall–Kier alpha value is -1.98. The molecule has 0 aromatic heterocycles. The number of amides is 1. The Kier molecular flexibility index (Phi) is 3.55. The summed E-state index contributed by atoms with van der Waals surface area (Å²) in [5.74, 6) is 0.316. The number of carbonyl (C=O) groups excluding carboxylic acids is 1. The first-order chi connectivity index (χ1) is 8.65. The minimum absolute atomic E-state index is 0.158. The maximum absolute atomic E-state index is 13.8. The van der Waals surface area contributed by atoms with Gasteiger partial charge in [-0.1, -0.05) is 0 Å². The van der Waals surface area contributed by atoms with Gasteiger partial charge in [0.1, 0.15) is 12.4 Å². The van der Waals surface area contributed by atoms with Crippen LogP contribution in [0.5, 0.6) is 11.5 Å². The molecule has 0 bridgehead atoms. The van der Waals surface area contributed by atoms with Gasteiger partial charge in [0, 0.05) is 11.6 Å². The predicted molar refractivity (Wildman–Crippen MR) is 61.3 cm³/mol. The third kappa shape index (κ3) is 2.32. The first-order valence-electron chi connectivity index (χ1n) is 5.47. The summed E-state index contributed by atoms with van der Waals surface area (Å²) in [5, 5.41) is 0. The molecule has 1 amide bonds. The number of nitrogens with zero attached hydrogens (tertiary/aromatic N) is 1. The van der Waals surface area contributed by atoms with Crippen LogP contribution in [0.3, 0.4) is 0 Å². The molecule has 1 aliphatic rings. The molecule has 0 radical (unpaired) electrons. The highest BCUT2D eigenvalue weighted by Gasteiger charge is 2.23. The molecule has 98 valence electrons. The average Bonchev–Trinajstić information content (AvgIpc) is 2.77. The van der Waals surface area contributed by atoms with Crippen LogP contribution in [0.1, 0.15) is 5.56 Å². The van der Waals surface area contributed by atoms with Crippen LogP contribution in [0.2, 0.25) is 0 Å². The third-order valence-electron chi connectivity index (χ3n) is 2.76. The molecule has 1 fully saturated rings. The summed E-state index contributed by atoms with van der Waals surface area (Å²) in [7, 11) is 2.92. The summed E-state index contributed by atoms with van der Waals surface area (Å²) < 4.78 is 28.7. The van der Waals surface area contributed by atoms with E-state index in [1.165, 1.54) is 31.3 Å². The van der Waals surface area contributed by atoms with Crippen LogP contribution in [-0.2, 0) is 11.3 Å². The van der Waals surface area contributed by atoms with Gasteiger partial charge in [0.25, 0.3) is 0 Å². The Bertz CT molecular complexity index is 464. The first kappa shape index (κ1) is 12.5. The van der Waals surface area contributed by atoms with Crippen LogP contribution in [0.4, 0.5) is 9.18 Å². The maximum Gasteiger partial charge on any atom is 0.410 e. The number of hydrogen-bond acceptors (Lipinski definition) is 4. The number of carbonyl (C=O) groups is 1. The van der Waals surface area contributed by atoms with E-state index in [0.29, 0.717) is 30.2 Å². The van der Waals surface area contributed by atoms with Gasteiger partial charge in [0.15, 0.2) is 11.5 Å². The van der Waals surface area contributed by atoms with Gasteiger partial charge >= 0.3 is 6.09 Å². The first-order valence-corrected chi connectivity index (χ1v) is 5.47. The normalized spacial score (nSPS) is 14.6. The largest absolute Gasteiger partial charge is 0.493 e. The molecule has 0 atom stereocenters. The zero-order valence-corrected chi connectivity index (χ0v) is 10.2. The van der Waals surface area contributed by atoms with Crippen molar-refractivity contribution >= 4 is 6.09 Å². The fraction of sp³-hybridized carbons (Fsp3) is 0.417. The van der Waals surface area contributed by atoms with Crippen molar-refractivity contribution in [3.05, 3.63) is 23.5 Å². The van der Waals surface area contributed by atoms with Crippen LogP contribution in [0.15, 0.2) is 12.1 Å². The smallest absolute Gasteiger partial charge is 0.410 e. The molecule has 0 saturated carbocycles. The standard InChI is InChI=1S/C12H14FNO4/c1-16-10-5-8(9(13)6-11(10)17-2)7-14-3-4-18-12(14)15/h5-6H,3-4,7H2,1-2H3. The van der Waals surface area contributed by atoms with Gasteiger partial charge in [-0.05, 0) is 6.07 Å². The van der Waals surface area contributed by atoms with E-state index in [9.17, 15) is 9.18 Å². The van der Waals surface area contributed by atoms with E-state index in [0.717, 1.165) is 0 Å². The average molecular weight is 255 g/mol. The van der Waals surface area contributed by atoms with Crippen molar-refractivity contribution in [3.63, 3.8) is 0 Å². The second kappa shape index (κ2) is 5.12. The topological polar surface area (TPSA) is 48.0 Å². The van der Waals surface area contributed by atoms with E-state index in [4.69, 9.17) is 14.2 Å². The Balaban J connectivity index is 2.24. The monoisotopic (exact) mass is 255 g/mol. The van der Waals surface area contributed by atoms with Gasteiger partial charge < -0.3 is 19.1 Å². The van der Waals surface area contributed by atoms with E-state index in [-0.39, 0.29) is 6.54 Å². The van der Waals surface area contributed by atoms with Gasteiger partial charge in [0.05, 0.1) is 27.3 Å². The van der Waals surface area contributed by atoms with E-state index >= 15 is 0 Å². The number of hydrogen-bond donors (Lipinski definition) is 0. The summed E-state index contributed by atoms with van der Waals surface area (Å²) in [6, 6.07) is 2.77. The lowest BCUT2D eigenvalue weighted by molar-refractivity contribution is 0.157. The second-order valence-electron chi connectivity index (χ2n) is 3.83. The molecule has 1 aromatic rings. The number of halogens is 1. The van der Waals surface area contributed by atoms with Crippen molar-refractivity contribution in [2.24, 2.45) is 0 Å². The van der Waals surface area contributed by atoms with E-state index < -0.39 is 11.9 Å². The van der Waals surface area contributed by atoms with Crippen molar-refractivity contribution in [1.29, 1.82) is 0 Å². The predicted octanol–water partition coefficient (Wildman–Crippen LogP) is 1.80. The molecule has 0 aliphatic carbocycles. The summed E-state index contributed by atoms with van der Waals surface area (Å²) in [6.07, 6.45) is -0.427. The Morgan fingerprint density at radius 3 is 2.56 bits per heavy atom. The van der Waals surface area contributed by atoms with Gasteiger partial charge in [0.2, 0.25) is 0 Å². The molecule has 2 rings (SSSR count). The third-order valence-corrected chi connectivity index (χ3v) is 2.76. The lowest BCUT2D eigenvalue weighted by atomic mass is 10.1. The van der Waals surface area contributed by atoms with E-state index in [2.05, 4.69) is 0 Å². The summed E-state index contributed by atoms with van der Waals surface area (Å²) >= 11 is 0. The zero-order valence-electron chi connectivity index (χ0n) is 10.2. The number of cyclic esters (lactones) is 1. The molecular weight excluding hydrogens is 241 g/mol. The fourth-order valence-electron chi connectivity index (χ4n) is 1.79. The van der Waals surface area contributed by atoms with Crippen LogP contribution in [0.25, 0.3) is 0 Å². The molecule has 0 N–H and O–H groups in total. The van der Waals surface area contributed by atoms with Crippen molar-refractivity contribution < 1.29 is 23.4 Å². The Morgan fingerprint density at radius 1 is 1.33 bits per heavy atom. The van der Waals surface area contributed by atoms with Gasteiger partial charge in [-0.15, -0.1) is 0 Å². The number of benzene rings is 1. The van der Waals surface area contributed by atoms with Gasteiger partial charge in [-0.25, -0.2) is 9.18 Å². The number of methoxy groups -OCH3 is 2. The molecule has 1 aromatic carbocycles. The minimum Gasteiger partial charge on any atom is -0.493 e. The number of ether oxygens (including phenoxy) is 3. The van der Waals surface area contributed by atoms with Crippen LogP contribution < -0.4 is 9.47 Å². The molecule has 1 saturated heterocycles. The molecule has 1 aliphatic heterocycles. The second-order valence-corrected chi connectivity index (χ2v) is 3.83. The van der Waals surface area contributed by atoms with Gasteiger partial charge in [-0.2, -0.15) is 0 Å². The fourth-order valence-corrected chi connectivity index (χ4v) is 1.79. The molecule has 18 heavy (non-hydrogen) atoms. The molecule has 6 heteroatoms. The zero-order chi connectivity index (χ0) is 13.1. The van der Waals surface area contributed by atoms with Gasteiger partial charge in [-0.3, -0.25) is 0 Å². The SMILES string of the molecule is COc1cc(F)c(CN2CCOC2=O)cc1OC. The Morgan fingerprint density at radius 2 is 2.00 bits per heavy atom. The lowest BCUT2D eigenvalue weighted by Gasteiger charge is -2.15. The highest BCUT2D eigenvalue weighted by atomic mass is 19.1. The van der Waals surface area contributed by atoms with Crippen LogP contribution >= 0.6 is 0 Å². The quantitative estimate of drug-likeness (QED) is 0.823. The summed E-state index contributed by atoms with van der Waals surface area (Å²) in [5.41, 5.74) is 0.367. The molecule has 0 spiro atoms. The highest BCUT2D eigenvalue weighted by molar-refractivity contribution is 5.69. The molecular formula is C12H14FNO4. The van der Waals surface area contributed by atoms with Crippen LogP contribution in [0, 0.1) is 5.82 Å². The lowest BCUT2D eigenvalue weighted by Crippen LogP contribution is -2.24. The van der Waals surface area contributed by atoms with Crippen LogP contribution in [-0.4, -0.2) is 38.4 Å². The minimum atomic E-state index is -0.438.